The lowest BCUT2D eigenvalue weighted by atomic mass is 9.75. The zero-order chi connectivity index (χ0) is 13.9. The van der Waals surface area contributed by atoms with Crippen LogP contribution < -0.4 is 0 Å². The second kappa shape index (κ2) is 6.38. The van der Waals surface area contributed by atoms with Crippen LogP contribution in [0.3, 0.4) is 0 Å². The van der Waals surface area contributed by atoms with Crippen LogP contribution in [0.15, 0.2) is 28.7 Å². The molecule has 0 aliphatic heterocycles. The quantitative estimate of drug-likeness (QED) is 0.913. The molecule has 1 N–H and O–H groups in total. The van der Waals surface area contributed by atoms with Gasteiger partial charge in [0.2, 0.25) is 0 Å². The van der Waals surface area contributed by atoms with Crippen LogP contribution in [0.2, 0.25) is 0 Å². The first-order valence-corrected chi connectivity index (χ1v) is 7.94. The first kappa shape index (κ1) is 15.0. The first-order chi connectivity index (χ1) is 9.04. The Kier molecular flexibility index (Phi) is 5.04. The molecule has 0 spiro atoms. The molecule has 106 valence electrons. The van der Waals surface area contributed by atoms with Crippen LogP contribution in [0.5, 0.6) is 0 Å². The number of aliphatic hydroxyl groups is 1. The Morgan fingerprint density at radius 3 is 2.53 bits per heavy atom. The predicted molar refractivity (Wildman–Crippen MR) is 83.4 cm³/mol. The third-order valence-electron chi connectivity index (χ3n) is 4.55. The molecule has 1 unspecified atom stereocenters. The van der Waals surface area contributed by atoms with Crippen LogP contribution >= 0.6 is 15.9 Å². The van der Waals surface area contributed by atoms with E-state index < -0.39 is 0 Å². The van der Waals surface area contributed by atoms with E-state index in [9.17, 15) is 5.11 Å². The molecule has 0 bridgehead atoms. The fraction of sp³-hybridized carbons (Fsp3) is 0.625. The smallest absolute Gasteiger partial charge is 0.0763 e. The molecule has 0 heterocycles. The van der Waals surface area contributed by atoms with E-state index in [-0.39, 0.29) is 11.6 Å². The van der Waals surface area contributed by atoms with E-state index >= 15 is 0 Å². The highest BCUT2D eigenvalue weighted by Crippen LogP contribution is 2.36. The molecular formula is C16H24BrNO. The van der Waals surface area contributed by atoms with Gasteiger partial charge in [-0.05, 0) is 44.6 Å². The maximum absolute atomic E-state index is 10.8. The van der Waals surface area contributed by atoms with Gasteiger partial charge in [-0.2, -0.15) is 0 Å². The number of rotatable bonds is 4. The second-order valence-corrected chi connectivity index (χ2v) is 6.82. The molecule has 1 aromatic carbocycles. The molecule has 1 saturated carbocycles. The summed E-state index contributed by atoms with van der Waals surface area (Å²) < 4.78 is 1.08. The summed E-state index contributed by atoms with van der Waals surface area (Å²) in [5, 5.41) is 10.8. The van der Waals surface area contributed by atoms with Crippen LogP contribution in [0.1, 0.15) is 37.7 Å². The van der Waals surface area contributed by atoms with Crippen molar-refractivity contribution >= 4 is 15.9 Å². The van der Waals surface area contributed by atoms with Crippen molar-refractivity contribution in [2.45, 2.75) is 50.2 Å². The lowest BCUT2D eigenvalue weighted by Crippen LogP contribution is -2.55. The molecule has 19 heavy (non-hydrogen) atoms. The van der Waals surface area contributed by atoms with Crippen molar-refractivity contribution in [2.75, 3.05) is 14.1 Å². The Morgan fingerprint density at radius 2 is 1.95 bits per heavy atom. The summed E-state index contributed by atoms with van der Waals surface area (Å²) in [4.78, 5) is 2.24. The fourth-order valence-electron chi connectivity index (χ4n) is 3.32. The van der Waals surface area contributed by atoms with E-state index in [1.165, 1.54) is 24.8 Å². The Bertz CT molecular complexity index is 413. The summed E-state index contributed by atoms with van der Waals surface area (Å²) in [5.41, 5.74) is 1.16. The Hall–Kier alpha value is -0.380. The highest BCUT2D eigenvalue weighted by atomic mass is 79.9. The SMILES string of the molecule is CN(C)C1(C(O)Cc2cccc(Br)c2)CCCCC1. The molecule has 1 fully saturated rings. The third-order valence-corrected chi connectivity index (χ3v) is 5.04. The second-order valence-electron chi connectivity index (χ2n) is 5.91. The summed E-state index contributed by atoms with van der Waals surface area (Å²) in [5.74, 6) is 0. The molecule has 1 aromatic rings. The van der Waals surface area contributed by atoms with Gasteiger partial charge in [0.25, 0.3) is 0 Å². The zero-order valence-corrected chi connectivity index (χ0v) is 13.5. The molecule has 1 aliphatic rings. The van der Waals surface area contributed by atoms with Crippen LogP contribution in [0.25, 0.3) is 0 Å². The fourth-order valence-corrected chi connectivity index (χ4v) is 3.77. The molecule has 0 amide bonds. The van der Waals surface area contributed by atoms with Gasteiger partial charge in [-0.3, -0.25) is 0 Å². The van der Waals surface area contributed by atoms with Crippen molar-refractivity contribution in [1.82, 2.24) is 4.90 Å². The molecule has 0 aromatic heterocycles. The van der Waals surface area contributed by atoms with E-state index in [1.807, 2.05) is 12.1 Å². The largest absolute Gasteiger partial charge is 0.391 e. The monoisotopic (exact) mass is 325 g/mol. The Balaban J connectivity index is 2.13. The van der Waals surface area contributed by atoms with E-state index in [1.54, 1.807) is 0 Å². The molecule has 0 saturated heterocycles. The van der Waals surface area contributed by atoms with Crippen molar-refractivity contribution in [3.63, 3.8) is 0 Å². The Morgan fingerprint density at radius 1 is 1.26 bits per heavy atom. The molecular weight excluding hydrogens is 302 g/mol. The van der Waals surface area contributed by atoms with Crippen molar-refractivity contribution in [2.24, 2.45) is 0 Å². The topological polar surface area (TPSA) is 23.5 Å². The van der Waals surface area contributed by atoms with Gasteiger partial charge in [-0.1, -0.05) is 47.3 Å². The van der Waals surface area contributed by atoms with Gasteiger partial charge in [-0.25, -0.2) is 0 Å². The minimum absolute atomic E-state index is 0.0411. The van der Waals surface area contributed by atoms with E-state index in [0.717, 1.165) is 23.7 Å². The van der Waals surface area contributed by atoms with Gasteiger partial charge >= 0.3 is 0 Å². The molecule has 3 heteroatoms. The van der Waals surface area contributed by atoms with Gasteiger partial charge in [-0.15, -0.1) is 0 Å². The van der Waals surface area contributed by atoms with Crippen molar-refractivity contribution in [3.8, 4) is 0 Å². The maximum atomic E-state index is 10.8. The normalized spacial score (nSPS) is 20.5. The van der Waals surface area contributed by atoms with E-state index in [0.29, 0.717) is 0 Å². The summed E-state index contributed by atoms with van der Waals surface area (Å²) in [6, 6.07) is 8.27. The van der Waals surface area contributed by atoms with Gasteiger partial charge in [0, 0.05) is 16.4 Å². The molecule has 2 nitrogen and oxygen atoms in total. The average Bonchev–Trinajstić information content (AvgIpc) is 2.39. The zero-order valence-electron chi connectivity index (χ0n) is 11.9. The van der Waals surface area contributed by atoms with Gasteiger partial charge in [0.05, 0.1) is 6.10 Å². The maximum Gasteiger partial charge on any atom is 0.0763 e. The highest BCUT2D eigenvalue weighted by molar-refractivity contribution is 9.10. The summed E-state index contributed by atoms with van der Waals surface area (Å²) >= 11 is 3.50. The first-order valence-electron chi connectivity index (χ1n) is 7.14. The van der Waals surface area contributed by atoms with Crippen LogP contribution in [-0.2, 0) is 6.42 Å². The van der Waals surface area contributed by atoms with E-state index in [2.05, 4.69) is 47.1 Å². The minimum atomic E-state index is -0.294. The van der Waals surface area contributed by atoms with Crippen LogP contribution in [0.4, 0.5) is 0 Å². The minimum Gasteiger partial charge on any atom is -0.391 e. The van der Waals surface area contributed by atoms with Gasteiger partial charge in [0.1, 0.15) is 0 Å². The highest BCUT2D eigenvalue weighted by Gasteiger charge is 2.40. The predicted octanol–water partition coefficient (Wildman–Crippen LogP) is 3.62. The molecule has 1 aliphatic carbocycles. The molecule has 0 radical (unpaired) electrons. The van der Waals surface area contributed by atoms with E-state index in [4.69, 9.17) is 0 Å². The summed E-state index contributed by atoms with van der Waals surface area (Å²) in [6.45, 7) is 0. The van der Waals surface area contributed by atoms with Gasteiger partial charge < -0.3 is 10.0 Å². The number of aliphatic hydroxyl groups excluding tert-OH is 1. The van der Waals surface area contributed by atoms with Crippen molar-refractivity contribution < 1.29 is 5.11 Å². The van der Waals surface area contributed by atoms with Crippen molar-refractivity contribution in [3.05, 3.63) is 34.3 Å². The lowest BCUT2D eigenvalue weighted by Gasteiger charge is -2.46. The number of hydrogen-bond acceptors (Lipinski definition) is 2. The summed E-state index contributed by atoms with van der Waals surface area (Å²) in [7, 11) is 4.21. The van der Waals surface area contributed by atoms with Crippen LogP contribution in [0, 0.1) is 0 Å². The molecule has 1 atom stereocenters. The summed E-state index contributed by atoms with van der Waals surface area (Å²) in [6.07, 6.45) is 6.42. The number of benzene rings is 1. The number of halogens is 1. The standard InChI is InChI=1S/C16H24BrNO/c1-18(2)16(9-4-3-5-10-16)15(19)12-13-7-6-8-14(17)11-13/h6-8,11,15,19H,3-5,9-10,12H2,1-2H3. The number of hydrogen-bond donors (Lipinski definition) is 1. The number of nitrogens with zero attached hydrogens (tertiary/aromatic N) is 1. The van der Waals surface area contributed by atoms with Gasteiger partial charge in [0.15, 0.2) is 0 Å². The van der Waals surface area contributed by atoms with Crippen LogP contribution in [-0.4, -0.2) is 35.7 Å². The van der Waals surface area contributed by atoms with Crippen molar-refractivity contribution in [1.29, 1.82) is 0 Å². The third kappa shape index (κ3) is 3.39. The number of likely N-dealkylation sites (N-methyl/N-ethyl adjacent to an activating group) is 1. The Labute approximate surface area is 124 Å². The lowest BCUT2D eigenvalue weighted by molar-refractivity contribution is -0.0310. The molecule has 2 rings (SSSR count). The average molecular weight is 326 g/mol.